The van der Waals surface area contributed by atoms with Gasteiger partial charge in [0.05, 0.1) is 29.2 Å². The van der Waals surface area contributed by atoms with Crippen LogP contribution in [0.1, 0.15) is 11.1 Å². The molecule has 0 aliphatic carbocycles. The maximum absolute atomic E-state index is 12.9. The van der Waals surface area contributed by atoms with Gasteiger partial charge in [-0.2, -0.15) is 0 Å². The Hall–Kier alpha value is -3.18. The predicted molar refractivity (Wildman–Crippen MR) is 148 cm³/mol. The van der Waals surface area contributed by atoms with Gasteiger partial charge in [0.15, 0.2) is 23.0 Å². The van der Waals surface area contributed by atoms with Gasteiger partial charge in [-0.15, -0.1) is 0 Å². The van der Waals surface area contributed by atoms with Crippen LogP contribution in [0.2, 0.25) is 0 Å². The Morgan fingerprint density at radius 3 is 2.31 bits per heavy atom. The van der Waals surface area contributed by atoms with Crippen LogP contribution in [0.5, 0.6) is 23.0 Å². The SMILES string of the molecule is COc1ccccc1OCCN1C(=O)S/C(=C\c2cc(I)c(OCc3ccccc3)c(OC)c2)C1=O. The lowest BCUT2D eigenvalue weighted by atomic mass is 10.1. The summed E-state index contributed by atoms with van der Waals surface area (Å²) in [6, 6.07) is 20.8. The van der Waals surface area contributed by atoms with Crippen LogP contribution in [0.25, 0.3) is 6.08 Å². The number of halogens is 1. The van der Waals surface area contributed by atoms with E-state index < -0.39 is 0 Å². The second kappa shape index (κ2) is 12.2. The molecule has 1 heterocycles. The van der Waals surface area contributed by atoms with Crippen LogP contribution in [0.15, 0.2) is 71.6 Å². The van der Waals surface area contributed by atoms with Gasteiger partial charge < -0.3 is 18.9 Å². The summed E-state index contributed by atoms with van der Waals surface area (Å²) in [5.41, 5.74) is 1.78. The highest BCUT2D eigenvalue weighted by Crippen LogP contribution is 2.37. The van der Waals surface area contributed by atoms with E-state index in [4.69, 9.17) is 18.9 Å². The molecular weight excluding hydrogens is 593 g/mol. The monoisotopic (exact) mass is 617 g/mol. The van der Waals surface area contributed by atoms with Crippen molar-refractivity contribution in [3.05, 3.63) is 86.3 Å². The number of rotatable bonds is 10. The molecule has 0 radical (unpaired) electrons. The molecule has 0 bridgehead atoms. The molecule has 0 unspecified atom stereocenters. The summed E-state index contributed by atoms with van der Waals surface area (Å²) < 4.78 is 23.4. The van der Waals surface area contributed by atoms with Crippen LogP contribution in [0.4, 0.5) is 4.79 Å². The molecule has 2 amide bonds. The Morgan fingerprint density at radius 2 is 1.58 bits per heavy atom. The number of para-hydroxylation sites is 2. The Balaban J connectivity index is 1.44. The van der Waals surface area contributed by atoms with E-state index in [1.165, 1.54) is 4.90 Å². The fraction of sp³-hybridized carbons (Fsp3) is 0.185. The van der Waals surface area contributed by atoms with Crippen molar-refractivity contribution in [3.8, 4) is 23.0 Å². The van der Waals surface area contributed by atoms with E-state index in [9.17, 15) is 9.59 Å². The van der Waals surface area contributed by atoms with E-state index >= 15 is 0 Å². The van der Waals surface area contributed by atoms with E-state index in [1.54, 1.807) is 38.5 Å². The number of hydrogen-bond donors (Lipinski definition) is 0. The molecule has 0 N–H and O–H groups in total. The molecule has 9 heteroatoms. The van der Waals surface area contributed by atoms with Crippen molar-refractivity contribution >= 4 is 51.6 Å². The Bertz CT molecular complexity index is 1280. The lowest BCUT2D eigenvalue weighted by molar-refractivity contribution is -0.123. The van der Waals surface area contributed by atoms with Crippen LogP contribution in [0, 0.1) is 3.57 Å². The minimum Gasteiger partial charge on any atom is -0.493 e. The highest BCUT2D eigenvalue weighted by molar-refractivity contribution is 14.1. The first kappa shape index (κ1) is 25.9. The molecular formula is C27H24INO6S. The number of ether oxygens (including phenoxy) is 4. The van der Waals surface area contributed by atoms with Crippen molar-refractivity contribution in [1.82, 2.24) is 4.90 Å². The molecule has 36 heavy (non-hydrogen) atoms. The minimum atomic E-state index is -0.355. The van der Waals surface area contributed by atoms with Gasteiger partial charge in [0, 0.05) is 0 Å². The third kappa shape index (κ3) is 6.14. The molecule has 0 saturated carbocycles. The summed E-state index contributed by atoms with van der Waals surface area (Å²) in [5, 5.41) is -0.334. The number of imide groups is 1. The molecule has 3 aromatic carbocycles. The maximum Gasteiger partial charge on any atom is 0.293 e. The van der Waals surface area contributed by atoms with Gasteiger partial charge in [-0.25, -0.2) is 0 Å². The molecule has 4 rings (SSSR count). The van der Waals surface area contributed by atoms with Crippen LogP contribution in [0.3, 0.4) is 0 Å². The Morgan fingerprint density at radius 1 is 0.889 bits per heavy atom. The standard InChI is InChI=1S/C27H24INO6S/c1-32-21-10-6-7-11-22(21)34-13-12-29-26(30)24(36-27(29)31)16-19-14-20(28)25(23(15-19)33-2)35-17-18-8-4-3-5-9-18/h3-11,14-16H,12-13,17H2,1-2H3/b24-16-. The predicted octanol–water partition coefficient (Wildman–Crippen LogP) is 6.00. The first-order valence-electron chi connectivity index (χ1n) is 11.1. The van der Waals surface area contributed by atoms with Gasteiger partial charge in [-0.05, 0) is 75.8 Å². The summed E-state index contributed by atoms with van der Waals surface area (Å²) in [5.74, 6) is 1.96. The lowest BCUT2D eigenvalue weighted by Crippen LogP contribution is -2.32. The van der Waals surface area contributed by atoms with Crippen LogP contribution >= 0.6 is 34.4 Å². The van der Waals surface area contributed by atoms with Gasteiger partial charge in [0.25, 0.3) is 11.1 Å². The quantitative estimate of drug-likeness (QED) is 0.204. The molecule has 0 spiro atoms. The molecule has 1 saturated heterocycles. The minimum absolute atomic E-state index is 0.132. The number of methoxy groups -OCH3 is 2. The van der Waals surface area contributed by atoms with Gasteiger partial charge in [0.1, 0.15) is 13.2 Å². The van der Waals surface area contributed by atoms with Gasteiger partial charge >= 0.3 is 0 Å². The first-order chi connectivity index (χ1) is 17.5. The molecule has 7 nitrogen and oxygen atoms in total. The number of thioether (sulfide) groups is 1. The van der Waals surface area contributed by atoms with Crippen molar-refractivity contribution in [2.75, 3.05) is 27.4 Å². The van der Waals surface area contributed by atoms with Crippen molar-refractivity contribution < 1.29 is 28.5 Å². The zero-order valence-corrected chi connectivity index (χ0v) is 22.7. The van der Waals surface area contributed by atoms with Crippen LogP contribution in [-0.2, 0) is 11.4 Å². The average molecular weight is 617 g/mol. The lowest BCUT2D eigenvalue weighted by Gasteiger charge is -2.15. The number of hydrogen-bond acceptors (Lipinski definition) is 7. The molecule has 1 aliphatic rings. The molecule has 1 fully saturated rings. The molecule has 1 aliphatic heterocycles. The maximum atomic E-state index is 12.9. The van der Waals surface area contributed by atoms with Crippen LogP contribution in [-0.4, -0.2) is 43.4 Å². The van der Waals surface area contributed by atoms with E-state index in [-0.39, 0.29) is 24.3 Å². The third-order valence-electron chi connectivity index (χ3n) is 5.29. The molecule has 186 valence electrons. The van der Waals surface area contributed by atoms with Crippen LogP contribution < -0.4 is 18.9 Å². The summed E-state index contributed by atoms with van der Waals surface area (Å²) >= 11 is 3.08. The van der Waals surface area contributed by atoms with E-state index in [1.807, 2.05) is 48.5 Å². The number of amides is 2. The van der Waals surface area contributed by atoms with Crippen molar-refractivity contribution in [2.45, 2.75) is 6.61 Å². The number of nitrogens with zero attached hydrogens (tertiary/aromatic N) is 1. The Labute approximate surface area is 227 Å². The number of benzene rings is 3. The second-order valence-corrected chi connectivity index (χ2v) is 9.80. The largest absolute Gasteiger partial charge is 0.493 e. The second-order valence-electron chi connectivity index (χ2n) is 7.64. The summed E-state index contributed by atoms with van der Waals surface area (Å²) in [6.45, 7) is 0.695. The fourth-order valence-electron chi connectivity index (χ4n) is 3.52. The highest BCUT2D eigenvalue weighted by Gasteiger charge is 2.35. The Kier molecular flexibility index (Phi) is 8.76. The van der Waals surface area contributed by atoms with Gasteiger partial charge in [-0.3, -0.25) is 14.5 Å². The molecule has 0 atom stereocenters. The normalized spacial score (nSPS) is 14.3. The molecule has 3 aromatic rings. The van der Waals surface area contributed by atoms with E-state index in [0.29, 0.717) is 34.5 Å². The van der Waals surface area contributed by atoms with Crippen molar-refractivity contribution in [3.63, 3.8) is 0 Å². The summed E-state index contributed by atoms with van der Waals surface area (Å²) in [6.07, 6.45) is 1.69. The topological polar surface area (TPSA) is 74.3 Å². The van der Waals surface area contributed by atoms with Gasteiger partial charge in [0.2, 0.25) is 0 Å². The first-order valence-corrected chi connectivity index (χ1v) is 12.9. The number of carbonyl (C=O) groups is 2. The number of carbonyl (C=O) groups excluding carboxylic acids is 2. The smallest absolute Gasteiger partial charge is 0.293 e. The van der Waals surface area contributed by atoms with Crippen molar-refractivity contribution in [1.29, 1.82) is 0 Å². The third-order valence-corrected chi connectivity index (χ3v) is 7.00. The summed E-state index contributed by atoms with van der Waals surface area (Å²) in [4.78, 5) is 27.0. The zero-order valence-electron chi connectivity index (χ0n) is 19.7. The fourth-order valence-corrected chi connectivity index (χ4v) is 5.17. The van der Waals surface area contributed by atoms with E-state index in [2.05, 4.69) is 22.6 Å². The zero-order chi connectivity index (χ0) is 25.5. The summed E-state index contributed by atoms with van der Waals surface area (Å²) in [7, 11) is 3.13. The van der Waals surface area contributed by atoms with Gasteiger partial charge in [-0.1, -0.05) is 42.5 Å². The van der Waals surface area contributed by atoms with E-state index in [0.717, 1.165) is 26.5 Å². The average Bonchev–Trinajstić information content (AvgIpc) is 3.15. The van der Waals surface area contributed by atoms with Crippen molar-refractivity contribution in [2.24, 2.45) is 0 Å². The molecule has 0 aromatic heterocycles. The highest BCUT2D eigenvalue weighted by atomic mass is 127.